The Morgan fingerprint density at radius 1 is 1.67 bits per heavy atom. The summed E-state index contributed by atoms with van der Waals surface area (Å²) in [5.74, 6) is 0. The normalized spacial score (nSPS) is 33.1. The van der Waals surface area contributed by atoms with Crippen molar-refractivity contribution in [2.45, 2.75) is 32.7 Å². The summed E-state index contributed by atoms with van der Waals surface area (Å²) in [5, 5.41) is 3.41. The summed E-state index contributed by atoms with van der Waals surface area (Å²) in [6.07, 6.45) is 4.82. The van der Waals surface area contributed by atoms with Crippen LogP contribution in [0.2, 0.25) is 0 Å². The number of nitrogens with one attached hydrogen (secondary N) is 1. The van der Waals surface area contributed by atoms with Gasteiger partial charge in [-0.15, -0.1) is 0 Å². The maximum absolute atomic E-state index is 3.41. The van der Waals surface area contributed by atoms with E-state index in [9.17, 15) is 0 Å². The lowest BCUT2D eigenvalue weighted by Gasteiger charge is -2.21. The van der Waals surface area contributed by atoms with Crippen LogP contribution in [0.1, 0.15) is 26.7 Å². The van der Waals surface area contributed by atoms with E-state index in [0.29, 0.717) is 0 Å². The van der Waals surface area contributed by atoms with Crippen molar-refractivity contribution in [2.75, 3.05) is 6.54 Å². The molecule has 0 spiro atoms. The molecule has 0 bridgehead atoms. The molecule has 0 saturated carbocycles. The van der Waals surface area contributed by atoms with Gasteiger partial charge in [0.25, 0.3) is 0 Å². The highest BCUT2D eigenvalue weighted by Gasteiger charge is 2.08. The van der Waals surface area contributed by atoms with E-state index < -0.39 is 0 Å². The van der Waals surface area contributed by atoms with Crippen LogP contribution in [0.15, 0.2) is 11.6 Å². The van der Waals surface area contributed by atoms with Crippen molar-refractivity contribution < 1.29 is 0 Å². The van der Waals surface area contributed by atoms with E-state index >= 15 is 0 Å². The van der Waals surface area contributed by atoms with Crippen molar-refractivity contribution in [2.24, 2.45) is 0 Å². The van der Waals surface area contributed by atoms with E-state index in [1.54, 1.807) is 5.57 Å². The Bertz CT molecular complexity index is 106. The van der Waals surface area contributed by atoms with Crippen LogP contribution < -0.4 is 5.32 Å². The second-order valence-electron chi connectivity index (χ2n) is 2.77. The van der Waals surface area contributed by atoms with Crippen LogP contribution in [-0.2, 0) is 0 Å². The lowest BCUT2D eigenvalue weighted by atomic mass is 10.0. The Morgan fingerprint density at radius 3 is 2.89 bits per heavy atom. The Labute approximate surface area is 57.1 Å². The fourth-order valence-corrected chi connectivity index (χ4v) is 1.14. The van der Waals surface area contributed by atoms with E-state index in [1.807, 2.05) is 0 Å². The summed E-state index contributed by atoms with van der Waals surface area (Å²) < 4.78 is 0. The minimum atomic E-state index is 0.730. The molecule has 1 aliphatic heterocycles. The van der Waals surface area contributed by atoms with Crippen molar-refractivity contribution in [1.82, 2.24) is 5.32 Å². The Morgan fingerprint density at radius 2 is 2.44 bits per heavy atom. The van der Waals surface area contributed by atoms with Gasteiger partial charge in [0, 0.05) is 12.6 Å². The molecule has 1 heteroatoms. The molecule has 0 amide bonds. The van der Waals surface area contributed by atoms with Gasteiger partial charge in [-0.1, -0.05) is 11.6 Å². The minimum absolute atomic E-state index is 0.730. The molecule has 0 aromatic carbocycles. The molecular formula is C8H15N. The summed E-state index contributed by atoms with van der Waals surface area (Å²) in [4.78, 5) is 0. The van der Waals surface area contributed by atoms with Gasteiger partial charge < -0.3 is 5.32 Å². The highest BCUT2D eigenvalue weighted by molar-refractivity contribution is 5.05. The smallest absolute Gasteiger partial charge is 0.0166 e. The summed E-state index contributed by atoms with van der Waals surface area (Å²) in [7, 11) is 0. The maximum atomic E-state index is 3.41. The first-order valence-corrected chi connectivity index (χ1v) is 3.70. The Hall–Kier alpha value is -0.300. The largest absolute Gasteiger partial charge is 0.311 e. The van der Waals surface area contributed by atoms with E-state index in [1.165, 1.54) is 12.8 Å². The summed E-state index contributed by atoms with van der Waals surface area (Å²) in [6.45, 7) is 5.47. The first-order chi connectivity index (χ1) is 4.33. The van der Waals surface area contributed by atoms with Crippen molar-refractivity contribution in [3.05, 3.63) is 11.6 Å². The third kappa shape index (κ3) is 1.83. The zero-order valence-corrected chi connectivity index (χ0v) is 6.28. The Balaban J connectivity index is 2.35. The molecule has 1 unspecified atom stereocenters. The van der Waals surface area contributed by atoms with E-state index in [0.717, 1.165) is 12.6 Å². The molecule has 1 saturated heterocycles. The fourth-order valence-electron chi connectivity index (χ4n) is 1.14. The molecular weight excluding hydrogens is 110 g/mol. The van der Waals surface area contributed by atoms with Gasteiger partial charge in [-0.3, -0.25) is 0 Å². The molecule has 1 rings (SSSR count). The first-order valence-electron chi connectivity index (χ1n) is 3.70. The van der Waals surface area contributed by atoms with Crippen LogP contribution >= 0.6 is 0 Å². The number of hydrogen-bond acceptors (Lipinski definition) is 1. The van der Waals surface area contributed by atoms with Crippen LogP contribution in [0.25, 0.3) is 0 Å². The maximum Gasteiger partial charge on any atom is 0.0166 e. The van der Waals surface area contributed by atoms with Gasteiger partial charge in [0.2, 0.25) is 0 Å². The second-order valence-corrected chi connectivity index (χ2v) is 2.77. The predicted molar refractivity (Wildman–Crippen MR) is 40.5 cm³/mol. The highest BCUT2D eigenvalue weighted by atomic mass is 14.9. The minimum Gasteiger partial charge on any atom is -0.311 e. The topological polar surface area (TPSA) is 12.0 Å². The van der Waals surface area contributed by atoms with E-state index in [4.69, 9.17) is 0 Å². The van der Waals surface area contributed by atoms with Crippen molar-refractivity contribution >= 4 is 0 Å². The molecule has 1 N–H and O–H groups in total. The lowest BCUT2D eigenvalue weighted by molar-refractivity contribution is 0.486. The van der Waals surface area contributed by atoms with Gasteiger partial charge in [-0.05, 0) is 26.7 Å². The van der Waals surface area contributed by atoms with E-state index in [2.05, 4.69) is 25.2 Å². The van der Waals surface area contributed by atoms with Crippen LogP contribution in [0.5, 0.6) is 0 Å². The molecule has 1 atom stereocenters. The van der Waals surface area contributed by atoms with Crippen molar-refractivity contribution in [3.63, 3.8) is 0 Å². The van der Waals surface area contributed by atoms with Crippen LogP contribution in [0.3, 0.4) is 0 Å². The predicted octanol–water partition coefficient (Wildman–Crippen LogP) is 1.70. The molecule has 0 aromatic heterocycles. The van der Waals surface area contributed by atoms with Gasteiger partial charge in [0.15, 0.2) is 0 Å². The molecule has 52 valence electrons. The summed E-state index contributed by atoms with van der Waals surface area (Å²) in [6, 6.07) is 0.730. The molecule has 0 radical (unpaired) electrons. The number of hydrogen-bond donors (Lipinski definition) is 1. The quantitative estimate of drug-likeness (QED) is 0.486. The van der Waals surface area contributed by atoms with E-state index in [-0.39, 0.29) is 0 Å². The third-order valence-electron chi connectivity index (χ3n) is 1.98. The van der Waals surface area contributed by atoms with Gasteiger partial charge in [-0.2, -0.15) is 0 Å². The molecule has 1 heterocycles. The zero-order valence-electron chi connectivity index (χ0n) is 6.28. The number of piperidine rings is 1. The van der Waals surface area contributed by atoms with Crippen molar-refractivity contribution in [1.29, 1.82) is 0 Å². The average Bonchev–Trinajstić information content (AvgIpc) is 1.90. The van der Waals surface area contributed by atoms with Crippen molar-refractivity contribution in [3.8, 4) is 0 Å². The van der Waals surface area contributed by atoms with Crippen LogP contribution in [0, 0.1) is 0 Å². The third-order valence-corrected chi connectivity index (χ3v) is 1.98. The zero-order chi connectivity index (χ0) is 6.69. The summed E-state index contributed by atoms with van der Waals surface area (Å²) in [5.41, 5.74) is 1.56. The number of rotatable bonds is 0. The monoisotopic (exact) mass is 125 g/mol. The average molecular weight is 125 g/mol. The molecule has 0 aliphatic carbocycles. The Kier molecular flexibility index (Phi) is 2.29. The van der Waals surface area contributed by atoms with Crippen LogP contribution in [0.4, 0.5) is 0 Å². The standard InChI is InChI=1S/C8H15N/c1-3-8-5-4-7(2)9-6-8/h3,7,9H,4-6H2,1-2H3/b8-3-. The number of allylic oxidation sites excluding steroid dienone is 1. The van der Waals surface area contributed by atoms with Crippen LogP contribution in [-0.4, -0.2) is 12.6 Å². The van der Waals surface area contributed by atoms with Gasteiger partial charge in [0.1, 0.15) is 0 Å². The molecule has 1 nitrogen and oxygen atoms in total. The summed E-state index contributed by atoms with van der Waals surface area (Å²) >= 11 is 0. The highest BCUT2D eigenvalue weighted by Crippen LogP contribution is 2.11. The van der Waals surface area contributed by atoms with Gasteiger partial charge >= 0.3 is 0 Å². The second kappa shape index (κ2) is 3.02. The van der Waals surface area contributed by atoms with Gasteiger partial charge in [0.05, 0.1) is 0 Å². The molecule has 0 aromatic rings. The lowest BCUT2D eigenvalue weighted by Crippen LogP contribution is -2.32. The van der Waals surface area contributed by atoms with Gasteiger partial charge in [-0.25, -0.2) is 0 Å². The molecule has 1 aliphatic rings. The first kappa shape index (κ1) is 6.81. The SMILES string of the molecule is C/C=C1/CCC(C)NC1. The fraction of sp³-hybridized carbons (Fsp3) is 0.750. The molecule has 1 fully saturated rings. The molecule has 9 heavy (non-hydrogen) atoms.